The maximum absolute atomic E-state index is 12.2. The minimum Gasteiger partial charge on any atom is -0.492 e. The van der Waals surface area contributed by atoms with E-state index in [9.17, 15) is 9.59 Å². The zero-order valence-electron chi connectivity index (χ0n) is 20.8. The molecule has 0 aliphatic heterocycles. The fourth-order valence-corrected chi connectivity index (χ4v) is 7.99. The van der Waals surface area contributed by atoms with Crippen molar-refractivity contribution >= 4 is 42.5 Å². The molecule has 6 rings (SSSR count). The summed E-state index contributed by atoms with van der Waals surface area (Å²) in [5, 5.41) is 18.6. The van der Waals surface area contributed by atoms with Crippen LogP contribution in [0.25, 0.3) is 11.3 Å². The third-order valence-electron chi connectivity index (χ3n) is 6.86. The third kappa shape index (κ3) is 4.87. The second kappa shape index (κ2) is 9.37. The molecule has 3 aromatic rings. The van der Waals surface area contributed by atoms with E-state index in [1.54, 1.807) is 13.3 Å². The van der Waals surface area contributed by atoms with Crippen LogP contribution in [0.1, 0.15) is 49.0 Å². The summed E-state index contributed by atoms with van der Waals surface area (Å²) in [7, 11) is 3.39. The van der Waals surface area contributed by atoms with E-state index >= 15 is 0 Å². The van der Waals surface area contributed by atoms with E-state index in [0.29, 0.717) is 11.6 Å². The number of pyridine rings is 1. The minimum absolute atomic E-state index is 0.00316. The second-order valence-corrected chi connectivity index (χ2v) is 12.6. The van der Waals surface area contributed by atoms with Gasteiger partial charge in [0.2, 0.25) is 5.91 Å². The molecule has 0 unspecified atom stereocenters. The van der Waals surface area contributed by atoms with Crippen molar-refractivity contribution in [2.75, 3.05) is 17.7 Å². The molecule has 12 heteroatoms. The highest BCUT2D eigenvalue weighted by Gasteiger charge is 2.43. The number of nitrogens with one attached hydrogen (secondary N) is 2. The predicted molar refractivity (Wildman–Crippen MR) is 141 cm³/mol. The van der Waals surface area contributed by atoms with Gasteiger partial charge in [0.25, 0.3) is 5.91 Å². The smallest absolute Gasteiger partial charge is 0.271 e. The molecule has 2 amide bonds. The van der Waals surface area contributed by atoms with Gasteiger partial charge in [0.1, 0.15) is 0 Å². The molecule has 37 heavy (non-hydrogen) atoms. The topological polar surface area (TPSA) is 150 Å². The van der Waals surface area contributed by atoms with Crippen LogP contribution in [0.5, 0.6) is 5.75 Å². The van der Waals surface area contributed by atoms with Crippen LogP contribution in [-0.4, -0.2) is 55.2 Å². The molecule has 0 radical (unpaired) electrons. The van der Waals surface area contributed by atoms with Gasteiger partial charge in [0.05, 0.1) is 23.9 Å². The summed E-state index contributed by atoms with van der Waals surface area (Å²) >= 11 is 0. The minimum atomic E-state index is -0.756. The lowest BCUT2D eigenvalue weighted by Crippen LogP contribution is -2.19. The lowest BCUT2D eigenvalue weighted by molar-refractivity contribution is -0.117. The van der Waals surface area contributed by atoms with E-state index < -0.39 is 5.91 Å². The Morgan fingerprint density at radius 3 is 2.46 bits per heavy atom. The Labute approximate surface area is 215 Å². The average Bonchev–Trinajstić information content (AvgIpc) is 3.73. The number of primary amides is 1. The number of amides is 2. The summed E-state index contributed by atoms with van der Waals surface area (Å²) in [6.45, 7) is 0. The summed E-state index contributed by atoms with van der Waals surface area (Å²) in [5.41, 5.74) is 10.3. The largest absolute Gasteiger partial charge is 0.492 e. The number of aromatic nitrogens is 5. The molecule has 192 valence electrons. The van der Waals surface area contributed by atoms with E-state index in [1.165, 1.54) is 37.2 Å². The molecule has 0 saturated heterocycles. The maximum atomic E-state index is 12.2. The summed E-state index contributed by atoms with van der Waals surface area (Å²) in [6, 6.07) is 5.59. The number of anilines is 3. The van der Waals surface area contributed by atoms with Crippen LogP contribution in [-0.2, 0) is 11.8 Å². The van der Waals surface area contributed by atoms with Crippen molar-refractivity contribution in [2.45, 2.75) is 49.8 Å². The lowest BCUT2D eigenvalue weighted by atomic mass is 10.1. The highest BCUT2D eigenvalue weighted by Crippen LogP contribution is 2.63. The molecule has 3 aliphatic rings. The first-order chi connectivity index (χ1) is 17.9. The number of hydrogen-bond donors (Lipinski definition) is 3. The number of nitrogens with zero attached hydrogens (tertiary/aromatic N) is 5. The van der Waals surface area contributed by atoms with Gasteiger partial charge >= 0.3 is 0 Å². The summed E-state index contributed by atoms with van der Waals surface area (Å²) in [4.78, 5) is 28.7. The van der Waals surface area contributed by atoms with E-state index in [4.69, 9.17) is 15.6 Å². The third-order valence-corrected chi connectivity index (χ3v) is 10.4. The number of methoxy groups -OCH3 is 1. The monoisotopic (exact) mass is 520 g/mol. The van der Waals surface area contributed by atoms with E-state index in [0.717, 1.165) is 35.4 Å². The van der Waals surface area contributed by atoms with Crippen molar-refractivity contribution < 1.29 is 14.3 Å². The molecule has 0 bridgehead atoms. The number of nitrogens with two attached hydrogens (primary N) is 1. The Kier molecular flexibility index (Phi) is 6.03. The molecule has 0 spiro atoms. The molecule has 3 aliphatic carbocycles. The number of hydrogen-bond acceptors (Lipinski definition) is 8. The van der Waals surface area contributed by atoms with Crippen molar-refractivity contribution in [3.8, 4) is 17.0 Å². The van der Waals surface area contributed by atoms with Crippen LogP contribution in [0.3, 0.4) is 0 Å². The number of aryl methyl sites for hydroxylation is 1. The van der Waals surface area contributed by atoms with Crippen LogP contribution in [0.4, 0.5) is 17.3 Å². The molecule has 3 aromatic heterocycles. The van der Waals surface area contributed by atoms with Crippen LogP contribution in [0.2, 0.25) is 0 Å². The fraction of sp³-hybridized carbons (Fsp3) is 0.440. The van der Waals surface area contributed by atoms with E-state index in [-0.39, 0.29) is 36.9 Å². The van der Waals surface area contributed by atoms with Gasteiger partial charge in [0.15, 0.2) is 23.1 Å². The molecular formula is C25H29N8O3P. The SMILES string of the molecule is COc1c(-c2cc(P(C3CC3)C3CC3)n(C)n2)ccnc1Nc1cc(NC(=O)C2CC2)nnc1C(N)=O. The van der Waals surface area contributed by atoms with Gasteiger partial charge in [0, 0.05) is 30.8 Å². The van der Waals surface area contributed by atoms with Crippen LogP contribution in [0, 0.1) is 5.92 Å². The molecule has 0 aromatic carbocycles. The number of ether oxygens (including phenoxy) is 1. The number of rotatable bonds is 10. The van der Waals surface area contributed by atoms with Gasteiger partial charge in [-0.15, -0.1) is 10.2 Å². The summed E-state index contributed by atoms with van der Waals surface area (Å²) in [6.07, 6.45) is 8.65. The Morgan fingerprint density at radius 2 is 1.84 bits per heavy atom. The normalized spacial score (nSPS) is 17.1. The predicted octanol–water partition coefficient (Wildman–Crippen LogP) is 2.90. The maximum Gasteiger partial charge on any atom is 0.271 e. The van der Waals surface area contributed by atoms with Gasteiger partial charge < -0.3 is 21.1 Å². The zero-order chi connectivity index (χ0) is 25.7. The van der Waals surface area contributed by atoms with Crippen LogP contribution < -0.4 is 26.5 Å². The number of carbonyl (C=O) groups excluding carboxylic acids is 2. The highest BCUT2D eigenvalue weighted by molar-refractivity contribution is 7.67. The molecule has 3 heterocycles. The van der Waals surface area contributed by atoms with Crippen molar-refractivity contribution in [3.63, 3.8) is 0 Å². The van der Waals surface area contributed by atoms with Crippen molar-refractivity contribution in [2.24, 2.45) is 18.7 Å². The Hall–Kier alpha value is -3.59. The summed E-state index contributed by atoms with van der Waals surface area (Å²) in [5.74, 6) is 0.194. The molecule has 3 fully saturated rings. The first-order valence-electron chi connectivity index (χ1n) is 12.5. The lowest BCUT2D eigenvalue weighted by Gasteiger charge is -2.16. The van der Waals surface area contributed by atoms with Gasteiger partial charge in [-0.1, -0.05) is 0 Å². The Balaban J connectivity index is 1.33. The van der Waals surface area contributed by atoms with Crippen LogP contribution in [0.15, 0.2) is 24.4 Å². The van der Waals surface area contributed by atoms with Crippen molar-refractivity contribution in [1.82, 2.24) is 25.0 Å². The first kappa shape index (κ1) is 23.8. The van der Waals surface area contributed by atoms with Crippen molar-refractivity contribution in [1.29, 1.82) is 0 Å². The van der Waals surface area contributed by atoms with Gasteiger partial charge in [-0.3, -0.25) is 14.3 Å². The zero-order valence-corrected chi connectivity index (χ0v) is 21.7. The second-order valence-electron chi connectivity index (χ2n) is 9.87. The van der Waals surface area contributed by atoms with Gasteiger partial charge in [-0.2, -0.15) is 5.10 Å². The highest BCUT2D eigenvalue weighted by atomic mass is 31.1. The Bertz CT molecular complexity index is 1370. The Morgan fingerprint density at radius 1 is 1.11 bits per heavy atom. The summed E-state index contributed by atoms with van der Waals surface area (Å²) < 4.78 is 7.80. The van der Waals surface area contributed by atoms with Crippen molar-refractivity contribution in [3.05, 3.63) is 30.1 Å². The molecule has 3 saturated carbocycles. The molecule has 4 N–H and O–H groups in total. The quantitative estimate of drug-likeness (QED) is 0.346. The van der Waals surface area contributed by atoms with E-state index in [2.05, 4.69) is 31.9 Å². The first-order valence-corrected chi connectivity index (χ1v) is 14.0. The van der Waals surface area contributed by atoms with Crippen LogP contribution >= 0.6 is 7.92 Å². The fourth-order valence-electron chi connectivity index (χ4n) is 4.59. The molecular weight excluding hydrogens is 491 g/mol. The van der Waals surface area contributed by atoms with Gasteiger partial charge in [-0.05, 0) is 69.9 Å². The standard InChI is InChI=1S/C25H29N8O3P/c1-33-20(37(14-5-6-14)15-7-8-15)12-17(32-33)16-9-10-27-24(22(16)36-2)28-18-11-19(29-25(35)13-3-4-13)30-31-21(18)23(26)34/h9-15H,3-8H2,1-2H3,(H2,26,34)(H2,27,28,29,30,35). The molecule has 0 atom stereocenters. The van der Waals surface area contributed by atoms with Gasteiger partial charge in [-0.25, -0.2) is 4.98 Å². The van der Waals surface area contributed by atoms with E-state index in [1.807, 2.05) is 17.8 Å². The number of carbonyl (C=O) groups is 2. The average molecular weight is 521 g/mol. The molecule has 11 nitrogen and oxygen atoms in total.